The van der Waals surface area contributed by atoms with Crippen molar-refractivity contribution in [2.24, 2.45) is 5.41 Å². The minimum atomic E-state index is -0.981. The SMILES string of the molecule is CC(C)(Cc1ccccc1)C(=O)O.C[Si](C)(C)N[Si](C)(C)C. The van der Waals surface area contributed by atoms with Gasteiger partial charge in [0.05, 0.1) is 5.41 Å². The van der Waals surface area contributed by atoms with E-state index in [0.717, 1.165) is 5.56 Å². The first-order valence-corrected chi connectivity index (χ1v) is 14.8. The molecule has 0 saturated heterocycles. The van der Waals surface area contributed by atoms with Gasteiger partial charge < -0.3 is 9.75 Å². The van der Waals surface area contributed by atoms with Crippen molar-refractivity contribution in [1.29, 1.82) is 0 Å². The molecule has 0 aliphatic carbocycles. The maximum atomic E-state index is 10.8. The number of carboxylic acid groups (broad SMARTS) is 1. The molecule has 0 aliphatic heterocycles. The molecule has 5 heteroatoms. The number of nitrogens with one attached hydrogen (secondary N) is 1. The van der Waals surface area contributed by atoms with E-state index in [-0.39, 0.29) is 0 Å². The minimum Gasteiger partial charge on any atom is -0.481 e. The minimum absolute atomic E-state index is 0.573. The third-order valence-corrected chi connectivity index (χ3v) is 8.82. The first-order chi connectivity index (χ1) is 9.73. The van der Waals surface area contributed by atoms with E-state index >= 15 is 0 Å². The van der Waals surface area contributed by atoms with E-state index in [1.54, 1.807) is 13.8 Å². The van der Waals surface area contributed by atoms with Crippen LogP contribution in [-0.2, 0) is 11.2 Å². The van der Waals surface area contributed by atoms with E-state index in [1.807, 2.05) is 30.3 Å². The second-order valence-electron chi connectivity index (χ2n) is 8.48. The third kappa shape index (κ3) is 10.8. The van der Waals surface area contributed by atoms with Crippen LogP contribution in [0.1, 0.15) is 19.4 Å². The van der Waals surface area contributed by atoms with Crippen molar-refractivity contribution in [3.05, 3.63) is 35.9 Å². The molecule has 0 radical (unpaired) electrons. The molecule has 1 rings (SSSR count). The summed E-state index contributed by atoms with van der Waals surface area (Å²) in [6.45, 7) is 17.6. The van der Waals surface area contributed by atoms with Crippen molar-refractivity contribution >= 4 is 22.4 Å². The third-order valence-electron chi connectivity index (χ3n) is 2.82. The smallest absolute Gasteiger partial charge is 0.309 e. The molecule has 2 N–H and O–H groups in total. The van der Waals surface area contributed by atoms with Gasteiger partial charge in [-0.05, 0) is 25.8 Å². The molecule has 22 heavy (non-hydrogen) atoms. The van der Waals surface area contributed by atoms with Crippen molar-refractivity contribution in [2.45, 2.75) is 59.6 Å². The monoisotopic (exact) mass is 339 g/mol. The van der Waals surface area contributed by atoms with E-state index in [1.165, 1.54) is 0 Å². The Hall–Kier alpha value is -0.916. The van der Waals surface area contributed by atoms with Crippen molar-refractivity contribution < 1.29 is 9.90 Å². The van der Waals surface area contributed by atoms with E-state index in [2.05, 4.69) is 43.9 Å². The van der Waals surface area contributed by atoms with Gasteiger partial charge in [-0.3, -0.25) is 4.79 Å². The first-order valence-electron chi connectivity index (χ1n) is 7.80. The average Bonchev–Trinajstić information content (AvgIpc) is 2.25. The molecular formula is C17H33NO2Si2. The maximum Gasteiger partial charge on any atom is 0.309 e. The van der Waals surface area contributed by atoms with Gasteiger partial charge in [0, 0.05) is 0 Å². The van der Waals surface area contributed by atoms with Gasteiger partial charge in [0.1, 0.15) is 16.5 Å². The normalized spacial score (nSPS) is 12.4. The molecule has 0 bridgehead atoms. The topological polar surface area (TPSA) is 49.3 Å². The van der Waals surface area contributed by atoms with Crippen LogP contribution in [-0.4, -0.2) is 27.5 Å². The number of benzene rings is 1. The molecule has 0 heterocycles. The fourth-order valence-electron chi connectivity index (χ4n) is 2.31. The number of hydrogen-bond donors (Lipinski definition) is 2. The maximum absolute atomic E-state index is 10.8. The van der Waals surface area contributed by atoms with Crippen molar-refractivity contribution in [3.8, 4) is 0 Å². The lowest BCUT2D eigenvalue weighted by Crippen LogP contribution is -2.55. The van der Waals surface area contributed by atoms with Crippen LogP contribution < -0.4 is 4.65 Å². The number of aliphatic carboxylic acids is 1. The zero-order chi connectivity index (χ0) is 17.6. The highest BCUT2D eigenvalue weighted by atomic mass is 28.4. The molecule has 0 saturated carbocycles. The molecule has 0 aliphatic rings. The predicted octanol–water partition coefficient (Wildman–Crippen LogP) is 4.59. The molecule has 0 aromatic heterocycles. The Morgan fingerprint density at radius 2 is 1.41 bits per heavy atom. The lowest BCUT2D eigenvalue weighted by molar-refractivity contribution is -0.146. The molecule has 0 unspecified atom stereocenters. The van der Waals surface area contributed by atoms with Gasteiger partial charge in [0.2, 0.25) is 0 Å². The van der Waals surface area contributed by atoms with E-state index in [0.29, 0.717) is 6.42 Å². The Morgan fingerprint density at radius 1 is 1.00 bits per heavy atom. The molecule has 3 nitrogen and oxygen atoms in total. The van der Waals surface area contributed by atoms with Crippen molar-refractivity contribution in [1.82, 2.24) is 4.65 Å². The van der Waals surface area contributed by atoms with Crippen molar-refractivity contribution in [3.63, 3.8) is 0 Å². The van der Waals surface area contributed by atoms with Crippen LogP contribution in [0.15, 0.2) is 30.3 Å². The zero-order valence-electron chi connectivity index (χ0n) is 15.4. The summed E-state index contributed by atoms with van der Waals surface area (Å²) in [5.74, 6) is -0.753. The molecule has 1 aromatic carbocycles. The van der Waals surface area contributed by atoms with Gasteiger partial charge in [-0.15, -0.1) is 0 Å². The van der Waals surface area contributed by atoms with Crippen LogP contribution in [0, 0.1) is 5.41 Å². The second-order valence-corrected chi connectivity index (χ2v) is 18.5. The Morgan fingerprint density at radius 3 is 1.68 bits per heavy atom. The number of carbonyl (C=O) groups is 1. The van der Waals surface area contributed by atoms with Crippen LogP contribution in [0.25, 0.3) is 0 Å². The number of carboxylic acids is 1. The van der Waals surface area contributed by atoms with Crippen LogP contribution in [0.4, 0.5) is 0 Å². The molecule has 0 atom stereocenters. The van der Waals surface area contributed by atoms with E-state index in [9.17, 15) is 4.79 Å². The average molecular weight is 340 g/mol. The zero-order valence-corrected chi connectivity index (χ0v) is 17.4. The first kappa shape index (κ1) is 21.1. The number of rotatable bonds is 5. The highest BCUT2D eigenvalue weighted by Gasteiger charge is 2.27. The highest BCUT2D eigenvalue weighted by molar-refractivity contribution is 6.90. The summed E-state index contributed by atoms with van der Waals surface area (Å²) < 4.78 is 3.74. The van der Waals surface area contributed by atoms with Crippen molar-refractivity contribution in [2.75, 3.05) is 0 Å². The lowest BCUT2D eigenvalue weighted by Gasteiger charge is -2.28. The van der Waals surface area contributed by atoms with Crippen LogP contribution in [0.5, 0.6) is 0 Å². The van der Waals surface area contributed by atoms with E-state index < -0.39 is 27.9 Å². The Labute approximate surface area is 138 Å². The second kappa shape index (κ2) is 8.08. The summed E-state index contributed by atoms with van der Waals surface area (Å²) >= 11 is 0. The highest BCUT2D eigenvalue weighted by Crippen LogP contribution is 2.21. The molecule has 0 amide bonds. The Balaban J connectivity index is 0.000000433. The predicted molar refractivity (Wildman–Crippen MR) is 101 cm³/mol. The summed E-state index contributed by atoms with van der Waals surface area (Å²) in [4.78, 5) is 10.8. The van der Waals surface area contributed by atoms with Gasteiger partial charge in [-0.2, -0.15) is 0 Å². The molecular weight excluding hydrogens is 306 g/mol. The summed E-state index contributed by atoms with van der Waals surface area (Å²) in [6, 6.07) is 9.67. The Bertz CT molecular complexity index is 448. The van der Waals surface area contributed by atoms with Gasteiger partial charge in [0.15, 0.2) is 0 Å². The van der Waals surface area contributed by atoms with Gasteiger partial charge >= 0.3 is 5.97 Å². The van der Waals surface area contributed by atoms with Crippen LogP contribution >= 0.6 is 0 Å². The van der Waals surface area contributed by atoms with Gasteiger partial charge in [0.25, 0.3) is 0 Å². The fourth-order valence-corrected chi connectivity index (χ4v) is 11.3. The van der Waals surface area contributed by atoms with Gasteiger partial charge in [-0.25, -0.2) is 0 Å². The summed E-state index contributed by atoms with van der Waals surface area (Å²) in [5, 5.41) is 8.90. The van der Waals surface area contributed by atoms with Gasteiger partial charge in [-0.1, -0.05) is 69.6 Å². The fraction of sp³-hybridized carbons (Fsp3) is 0.588. The quantitative estimate of drug-likeness (QED) is 0.772. The molecule has 0 fully saturated rings. The molecule has 126 valence electrons. The number of hydrogen-bond acceptors (Lipinski definition) is 2. The van der Waals surface area contributed by atoms with Crippen LogP contribution in [0.2, 0.25) is 39.3 Å². The van der Waals surface area contributed by atoms with Crippen LogP contribution in [0.3, 0.4) is 0 Å². The Kier molecular flexibility index (Phi) is 7.75. The lowest BCUT2D eigenvalue weighted by atomic mass is 9.86. The summed E-state index contributed by atoms with van der Waals surface area (Å²) in [5.41, 5.74) is 0.386. The summed E-state index contributed by atoms with van der Waals surface area (Å²) in [6.07, 6.45) is 0.573. The standard InChI is InChI=1S/C11H14O2.C6H19NSi2/c1-11(2,10(12)13)8-9-6-4-3-5-7-9;1-8(2,3)7-9(4,5)6/h3-7H,8H2,1-2H3,(H,12,13);7H,1-6H3. The molecule has 1 aromatic rings. The summed E-state index contributed by atoms with van der Waals surface area (Å²) in [7, 11) is -1.96. The largest absolute Gasteiger partial charge is 0.481 e. The van der Waals surface area contributed by atoms with E-state index in [4.69, 9.17) is 5.11 Å². The molecule has 0 spiro atoms.